The van der Waals surface area contributed by atoms with Crippen molar-refractivity contribution in [3.05, 3.63) is 29.8 Å². The number of nitrogen functional groups attached to an aromatic ring is 1. The summed E-state index contributed by atoms with van der Waals surface area (Å²) in [6.07, 6.45) is 1.60. The normalized spacial score (nSPS) is 11.5. The highest BCUT2D eigenvalue weighted by molar-refractivity contribution is 7.85. The van der Waals surface area contributed by atoms with Crippen LogP contribution in [0.1, 0.15) is 5.56 Å². The minimum Gasteiger partial charge on any atom is -0.399 e. The number of anilines is 1. The molecule has 0 aliphatic heterocycles. The molecular formula is C9H13NO3S. The summed E-state index contributed by atoms with van der Waals surface area (Å²) in [5.74, 6) is 0. The molecule has 1 aromatic carbocycles. The van der Waals surface area contributed by atoms with Crippen LogP contribution in [0.25, 0.3) is 0 Å². The molecule has 0 atom stereocenters. The van der Waals surface area contributed by atoms with E-state index >= 15 is 0 Å². The van der Waals surface area contributed by atoms with E-state index in [4.69, 9.17) is 5.73 Å². The molecule has 0 saturated carbocycles. The van der Waals surface area contributed by atoms with Gasteiger partial charge in [0.1, 0.15) is 0 Å². The van der Waals surface area contributed by atoms with Gasteiger partial charge in [0.25, 0.3) is 10.1 Å². The zero-order valence-corrected chi connectivity index (χ0v) is 8.75. The van der Waals surface area contributed by atoms with Crippen LogP contribution in [-0.2, 0) is 20.7 Å². The van der Waals surface area contributed by atoms with Crippen LogP contribution >= 0.6 is 0 Å². The Bertz CT molecular complexity index is 383. The molecule has 0 spiro atoms. The van der Waals surface area contributed by atoms with Crippen molar-refractivity contribution >= 4 is 15.8 Å². The summed E-state index contributed by atoms with van der Waals surface area (Å²) in [5, 5.41) is 0. The Hall–Kier alpha value is -1.07. The highest BCUT2D eigenvalue weighted by Crippen LogP contribution is 2.06. The van der Waals surface area contributed by atoms with Gasteiger partial charge in [0, 0.05) is 5.69 Å². The Labute approximate surface area is 83.8 Å². The molecule has 0 unspecified atom stereocenters. The van der Waals surface area contributed by atoms with E-state index in [0.29, 0.717) is 12.1 Å². The SMILES string of the molecule is CS(=O)(=O)OCCc1ccc(N)cc1. The molecule has 14 heavy (non-hydrogen) atoms. The van der Waals surface area contributed by atoms with Gasteiger partial charge in [0.2, 0.25) is 0 Å². The van der Waals surface area contributed by atoms with Gasteiger partial charge in [-0.2, -0.15) is 8.42 Å². The lowest BCUT2D eigenvalue weighted by Gasteiger charge is -2.01. The van der Waals surface area contributed by atoms with Crippen molar-refractivity contribution in [1.82, 2.24) is 0 Å². The zero-order valence-electron chi connectivity index (χ0n) is 7.93. The third kappa shape index (κ3) is 4.25. The molecule has 0 radical (unpaired) electrons. The van der Waals surface area contributed by atoms with E-state index < -0.39 is 10.1 Å². The van der Waals surface area contributed by atoms with Gasteiger partial charge in [-0.25, -0.2) is 0 Å². The Balaban J connectivity index is 2.43. The first-order valence-electron chi connectivity index (χ1n) is 4.16. The first-order valence-corrected chi connectivity index (χ1v) is 5.98. The molecule has 1 aromatic rings. The molecule has 0 fully saturated rings. The molecule has 5 heteroatoms. The highest BCUT2D eigenvalue weighted by atomic mass is 32.2. The molecule has 0 aromatic heterocycles. The Kier molecular flexibility index (Phi) is 3.49. The summed E-state index contributed by atoms with van der Waals surface area (Å²) < 4.78 is 25.9. The van der Waals surface area contributed by atoms with Gasteiger partial charge >= 0.3 is 0 Å². The fourth-order valence-corrected chi connectivity index (χ4v) is 1.38. The van der Waals surface area contributed by atoms with Gasteiger partial charge in [-0.3, -0.25) is 4.18 Å². The van der Waals surface area contributed by atoms with Crippen LogP contribution in [0.2, 0.25) is 0 Å². The summed E-state index contributed by atoms with van der Waals surface area (Å²) in [4.78, 5) is 0. The lowest BCUT2D eigenvalue weighted by Crippen LogP contribution is -2.06. The smallest absolute Gasteiger partial charge is 0.264 e. The van der Waals surface area contributed by atoms with Crippen molar-refractivity contribution in [2.24, 2.45) is 0 Å². The number of hydrogen-bond acceptors (Lipinski definition) is 4. The molecule has 1 rings (SSSR count). The largest absolute Gasteiger partial charge is 0.399 e. The fraction of sp³-hybridized carbons (Fsp3) is 0.333. The average molecular weight is 215 g/mol. The zero-order chi connectivity index (χ0) is 10.6. The van der Waals surface area contributed by atoms with Crippen molar-refractivity contribution in [3.63, 3.8) is 0 Å². The number of benzene rings is 1. The maximum atomic E-state index is 10.6. The van der Waals surface area contributed by atoms with Crippen LogP contribution < -0.4 is 5.73 Å². The van der Waals surface area contributed by atoms with Crippen molar-refractivity contribution in [3.8, 4) is 0 Å². The minimum atomic E-state index is -3.33. The summed E-state index contributed by atoms with van der Waals surface area (Å²) >= 11 is 0. The maximum absolute atomic E-state index is 10.6. The van der Waals surface area contributed by atoms with E-state index in [1.165, 1.54) is 0 Å². The maximum Gasteiger partial charge on any atom is 0.264 e. The second-order valence-electron chi connectivity index (χ2n) is 3.02. The van der Waals surface area contributed by atoms with Gasteiger partial charge in [0.15, 0.2) is 0 Å². The first kappa shape index (κ1) is 11.0. The van der Waals surface area contributed by atoms with Crippen molar-refractivity contribution < 1.29 is 12.6 Å². The van der Waals surface area contributed by atoms with Gasteiger partial charge in [-0.15, -0.1) is 0 Å². The topological polar surface area (TPSA) is 69.4 Å². The molecule has 0 heterocycles. The number of hydrogen-bond donors (Lipinski definition) is 1. The first-order chi connectivity index (χ1) is 6.47. The number of nitrogens with two attached hydrogens (primary N) is 1. The quantitative estimate of drug-likeness (QED) is 0.595. The van der Waals surface area contributed by atoms with E-state index in [2.05, 4.69) is 4.18 Å². The van der Waals surface area contributed by atoms with Crippen LogP contribution in [0.3, 0.4) is 0 Å². The molecule has 0 amide bonds. The lowest BCUT2D eigenvalue weighted by molar-refractivity contribution is 0.326. The molecular weight excluding hydrogens is 202 g/mol. The molecule has 4 nitrogen and oxygen atoms in total. The highest BCUT2D eigenvalue weighted by Gasteiger charge is 2.01. The summed E-state index contributed by atoms with van der Waals surface area (Å²) in [7, 11) is -3.33. The Morgan fingerprint density at radius 1 is 1.29 bits per heavy atom. The molecule has 78 valence electrons. The molecule has 0 saturated heterocycles. The number of rotatable bonds is 4. The van der Waals surface area contributed by atoms with E-state index in [1.807, 2.05) is 12.1 Å². The summed E-state index contributed by atoms with van der Waals surface area (Å²) in [5.41, 5.74) is 7.19. The molecule has 0 bridgehead atoms. The van der Waals surface area contributed by atoms with E-state index in [9.17, 15) is 8.42 Å². The van der Waals surface area contributed by atoms with E-state index in [-0.39, 0.29) is 6.61 Å². The van der Waals surface area contributed by atoms with Crippen LogP contribution in [0.15, 0.2) is 24.3 Å². The van der Waals surface area contributed by atoms with Crippen molar-refractivity contribution in [2.45, 2.75) is 6.42 Å². The Morgan fingerprint density at radius 3 is 2.36 bits per heavy atom. The monoisotopic (exact) mass is 215 g/mol. The summed E-state index contributed by atoms with van der Waals surface area (Å²) in [6, 6.07) is 7.24. The second-order valence-corrected chi connectivity index (χ2v) is 4.66. The van der Waals surface area contributed by atoms with Crippen molar-refractivity contribution in [2.75, 3.05) is 18.6 Å². The van der Waals surface area contributed by atoms with Gasteiger partial charge in [-0.1, -0.05) is 12.1 Å². The Morgan fingerprint density at radius 2 is 1.86 bits per heavy atom. The summed E-state index contributed by atoms with van der Waals surface area (Å²) in [6.45, 7) is 0.169. The van der Waals surface area contributed by atoms with Crippen LogP contribution in [-0.4, -0.2) is 21.3 Å². The van der Waals surface area contributed by atoms with Crippen LogP contribution in [0.5, 0.6) is 0 Å². The van der Waals surface area contributed by atoms with Gasteiger partial charge in [0.05, 0.1) is 12.9 Å². The molecule has 0 aliphatic rings. The third-order valence-electron chi connectivity index (χ3n) is 1.67. The average Bonchev–Trinajstić information content (AvgIpc) is 2.06. The molecule has 0 aliphatic carbocycles. The standard InChI is InChI=1S/C9H13NO3S/c1-14(11,12)13-7-6-8-2-4-9(10)5-3-8/h2-5H,6-7,10H2,1H3. The van der Waals surface area contributed by atoms with Gasteiger partial charge < -0.3 is 5.73 Å². The minimum absolute atomic E-state index is 0.169. The lowest BCUT2D eigenvalue weighted by atomic mass is 10.1. The molecule has 2 N–H and O–H groups in total. The predicted molar refractivity (Wildman–Crippen MR) is 55.4 cm³/mol. The van der Waals surface area contributed by atoms with E-state index in [1.54, 1.807) is 12.1 Å². The van der Waals surface area contributed by atoms with Crippen LogP contribution in [0, 0.1) is 0 Å². The van der Waals surface area contributed by atoms with E-state index in [0.717, 1.165) is 11.8 Å². The second kappa shape index (κ2) is 4.43. The van der Waals surface area contributed by atoms with Crippen LogP contribution in [0.4, 0.5) is 5.69 Å². The predicted octanol–water partition coefficient (Wildman–Crippen LogP) is 0.788. The van der Waals surface area contributed by atoms with Gasteiger partial charge in [-0.05, 0) is 24.1 Å². The van der Waals surface area contributed by atoms with Crippen molar-refractivity contribution in [1.29, 1.82) is 0 Å². The fourth-order valence-electron chi connectivity index (χ4n) is 0.995. The third-order valence-corrected chi connectivity index (χ3v) is 2.26.